The Morgan fingerprint density at radius 1 is 1.30 bits per heavy atom. The van der Waals surface area contributed by atoms with E-state index in [1.165, 1.54) is 28.7 Å². The Morgan fingerprint density at radius 3 is 2.60 bits per heavy atom. The third kappa shape index (κ3) is 4.31. The number of rotatable bonds is 5. The van der Waals surface area contributed by atoms with Gasteiger partial charge in [0.15, 0.2) is 0 Å². The molecule has 1 N–H and O–H groups in total. The third-order valence-corrected chi connectivity index (χ3v) is 4.72. The molecule has 0 spiro atoms. The number of nitrogens with one attached hydrogen (secondary N) is 1. The zero-order valence-corrected chi connectivity index (χ0v) is 13.3. The van der Waals surface area contributed by atoms with Crippen molar-refractivity contribution in [3.05, 3.63) is 34.8 Å². The Balaban J connectivity index is 1.84. The second kappa shape index (κ2) is 6.85. The first kappa shape index (κ1) is 15.0. The highest BCUT2D eigenvalue weighted by atomic mass is 32.2. The van der Waals surface area contributed by atoms with E-state index in [-0.39, 0.29) is 5.91 Å². The monoisotopic (exact) mass is 307 g/mol. The molecule has 1 amide bonds. The van der Waals surface area contributed by atoms with E-state index < -0.39 is 0 Å². The van der Waals surface area contributed by atoms with Crippen molar-refractivity contribution in [1.29, 1.82) is 0 Å². The van der Waals surface area contributed by atoms with E-state index in [0.717, 1.165) is 9.90 Å². The highest BCUT2D eigenvalue weighted by Crippen LogP contribution is 2.23. The zero-order valence-electron chi connectivity index (χ0n) is 11.7. The maximum Gasteiger partial charge on any atom is 0.236 e. The van der Waals surface area contributed by atoms with Gasteiger partial charge in [0.05, 0.1) is 5.75 Å². The SMILES string of the molecule is Cc1ccc(SCC(=O)Nc2nnc(C(C)C)s2)cc1. The summed E-state index contributed by atoms with van der Waals surface area (Å²) in [4.78, 5) is 12.9. The average molecular weight is 307 g/mol. The summed E-state index contributed by atoms with van der Waals surface area (Å²) in [5, 5.41) is 12.3. The van der Waals surface area contributed by atoms with E-state index in [9.17, 15) is 4.79 Å². The van der Waals surface area contributed by atoms with Crippen LogP contribution in [0.25, 0.3) is 0 Å². The molecule has 2 aromatic rings. The average Bonchev–Trinajstić information content (AvgIpc) is 2.87. The number of benzene rings is 1. The number of anilines is 1. The maximum atomic E-state index is 11.8. The van der Waals surface area contributed by atoms with Gasteiger partial charge >= 0.3 is 0 Å². The van der Waals surface area contributed by atoms with Gasteiger partial charge in [-0.25, -0.2) is 0 Å². The number of hydrogen-bond acceptors (Lipinski definition) is 5. The first-order valence-corrected chi connectivity index (χ1v) is 8.17. The van der Waals surface area contributed by atoms with Gasteiger partial charge in [-0.3, -0.25) is 10.1 Å². The van der Waals surface area contributed by atoms with Crippen LogP contribution < -0.4 is 5.32 Å². The van der Waals surface area contributed by atoms with Crippen molar-refractivity contribution in [3.63, 3.8) is 0 Å². The van der Waals surface area contributed by atoms with E-state index in [4.69, 9.17) is 0 Å². The van der Waals surface area contributed by atoms with Crippen molar-refractivity contribution in [2.45, 2.75) is 31.6 Å². The number of aromatic nitrogens is 2. The van der Waals surface area contributed by atoms with Crippen LogP contribution in [0.3, 0.4) is 0 Å². The maximum absolute atomic E-state index is 11.8. The van der Waals surface area contributed by atoms with Gasteiger partial charge in [0.2, 0.25) is 11.0 Å². The normalized spacial score (nSPS) is 10.8. The van der Waals surface area contributed by atoms with Crippen LogP contribution in [0.1, 0.15) is 30.3 Å². The van der Waals surface area contributed by atoms with Gasteiger partial charge in [-0.15, -0.1) is 22.0 Å². The molecule has 4 nitrogen and oxygen atoms in total. The number of thioether (sulfide) groups is 1. The highest BCUT2D eigenvalue weighted by Gasteiger charge is 2.10. The number of aryl methyl sites for hydroxylation is 1. The minimum atomic E-state index is -0.0537. The fourth-order valence-electron chi connectivity index (χ4n) is 1.46. The molecular weight excluding hydrogens is 290 g/mol. The molecule has 0 fully saturated rings. The molecule has 20 heavy (non-hydrogen) atoms. The lowest BCUT2D eigenvalue weighted by atomic mass is 10.2. The Morgan fingerprint density at radius 2 is 2.00 bits per heavy atom. The summed E-state index contributed by atoms with van der Waals surface area (Å²) in [6.45, 7) is 6.15. The number of carbonyl (C=O) groups is 1. The molecule has 0 unspecified atom stereocenters. The quantitative estimate of drug-likeness (QED) is 0.856. The minimum Gasteiger partial charge on any atom is -0.300 e. The molecule has 1 aromatic heterocycles. The molecule has 0 aliphatic heterocycles. The van der Waals surface area contributed by atoms with E-state index >= 15 is 0 Å². The lowest BCUT2D eigenvalue weighted by Gasteiger charge is -2.02. The van der Waals surface area contributed by atoms with Crippen molar-refractivity contribution in [1.82, 2.24) is 10.2 Å². The summed E-state index contributed by atoms with van der Waals surface area (Å²) in [6.07, 6.45) is 0. The number of carbonyl (C=O) groups excluding carboxylic acids is 1. The van der Waals surface area contributed by atoms with Gasteiger partial charge in [-0.2, -0.15) is 0 Å². The van der Waals surface area contributed by atoms with E-state index in [1.807, 2.05) is 31.2 Å². The Bertz CT molecular complexity index is 578. The molecule has 0 bridgehead atoms. The minimum absolute atomic E-state index is 0.0537. The highest BCUT2D eigenvalue weighted by molar-refractivity contribution is 8.00. The molecule has 2 rings (SSSR count). The lowest BCUT2D eigenvalue weighted by Crippen LogP contribution is -2.13. The Kier molecular flexibility index (Phi) is 5.14. The molecule has 6 heteroatoms. The second-order valence-electron chi connectivity index (χ2n) is 4.75. The molecule has 1 heterocycles. The van der Waals surface area contributed by atoms with Crippen LogP contribution in [0, 0.1) is 6.92 Å². The van der Waals surface area contributed by atoms with Crippen LogP contribution in [0.5, 0.6) is 0 Å². The molecule has 0 atom stereocenters. The first-order valence-electron chi connectivity index (χ1n) is 6.37. The topological polar surface area (TPSA) is 54.9 Å². The van der Waals surface area contributed by atoms with E-state index in [2.05, 4.69) is 29.4 Å². The van der Waals surface area contributed by atoms with Crippen LogP contribution in [0.2, 0.25) is 0 Å². The van der Waals surface area contributed by atoms with Gasteiger partial charge in [0.1, 0.15) is 5.01 Å². The summed E-state index contributed by atoms with van der Waals surface area (Å²) in [5.41, 5.74) is 1.22. The lowest BCUT2D eigenvalue weighted by molar-refractivity contribution is -0.113. The van der Waals surface area contributed by atoms with Crippen LogP contribution in [-0.4, -0.2) is 21.9 Å². The molecule has 0 saturated heterocycles. The van der Waals surface area contributed by atoms with Crippen LogP contribution in [0.4, 0.5) is 5.13 Å². The zero-order chi connectivity index (χ0) is 14.5. The second-order valence-corrected chi connectivity index (χ2v) is 6.81. The first-order chi connectivity index (χ1) is 9.54. The fourth-order valence-corrected chi connectivity index (χ4v) is 2.92. The van der Waals surface area contributed by atoms with Crippen molar-refractivity contribution < 1.29 is 4.79 Å². The van der Waals surface area contributed by atoms with Gasteiger partial charge in [-0.05, 0) is 19.1 Å². The van der Waals surface area contributed by atoms with Gasteiger partial charge in [0.25, 0.3) is 0 Å². The molecule has 0 saturated carbocycles. The van der Waals surface area contributed by atoms with Gasteiger partial charge in [-0.1, -0.05) is 42.9 Å². The molecule has 0 aliphatic rings. The fraction of sp³-hybridized carbons (Fsp3) is 0.357. The van der Waals surface area contributed by atoms with Crippen molar-refractivity contribution in [2.75, 3.05) is 11.1 Å². The number of amides is 1. The summed E-state index contributed by atoms with van der Waals surface area (Å²) >= 11 is 2.94. The van der Waals surface area contributed by atoms with E-state index in [1.54, 1.807) is 0 Å². The summed E-state index contributed by atoms with van der Waals surface area (Å²) in [7, 11) is 0. The van der Waals surface area contributed by atoms with Crippen molar-refractivity contribution in [3.8, 4) is 0 Å². The van der Waals surface area contributed by atoms with Gasteiger partial charge < -0.3 is 0 Å². The van der Waals surface area contributed by atoms with Crippen molar-refractivity contribution >= 4 is 34.1 Å². The Hall–Kier alpha value is -1.40. The predicted molar refractivity (Wildman–Crippen MR) is 84.5 cm³/mol. The molecule has 106 valence electrons. The van der Waals surface area contributed by atoms with Crippen molar-refractivity contribution in [2.24, 2.45) is 0 Å². The Labute approximate surface area is 127 Å². The molecule has 1 aromatic carbocycles. The predicted octanol–water partition coefficient (Wildman–Crippen LogP) is 3.70. The van der Waals surface area contributed by atoms with Gasteiger partial charge in [0, 0.05) is 10.8 Å². The molecule has 0 radical (unpaired) electrons. The smallest absolute Gasteiger partial charge is 0.236 e. The van der Waals surface area contributed by atoms with Crippen LogP contribution in [-0.2, 0) is 4.79 Å². The largest absolute Gasteiger partial charge is 0.300 e. The summed E-state index contributed by atoms with van der Waals surface area (Å²) in [6, 6.07) is 8.13. The molecule has 0 aliphatic carbocycles. The standard InChI is InChI=1S/C14H17N3OS2/c1-9(2)13-16-17-14(20-13)15-12(18)8-19-11-6-4-10(3)5-7-11/h4-7,9H,8H2,1-3H3,(H,15,17,18). The van der Waals surface area contributed by atoms with E-state index in [0.29, 0.717) is 16.8 Å². The number of hydrogen-bond donors (Lipinski definition) is 1. The van der Waals surface area contributed by atoms with Crippen LogP contribution in [0.15, 0.2) is 29.2 Å². The number of nitrogens with zero attached hydrogens (tertiary/aromatic N) is 2. The summed E-state index contributed by atoms with van der Waals surface area (Å²) < 4.78 is 0. The van der Waals surface area contributed by atoms with Crippen LogP contribution >= 0.6 is 23.1 Å². The summed E-state index contributed by atoms with van der Waals surface area (Å²) in [5.74, 6) is 0.654. The third-order valence-electron chi connectivity index (χ3n) is 2.57. The molecular formula is C14H17N3OS2.